The minimum atomic E-state index is -4.48. The molecule has 1 amide bonds. The van der Waals surface area contributed by atoms with Crippen LogP contribution in [0.3, 0.4) is 0 Å². The Hall–Kier alpha value is -3.55. The van der Waals surface area contributed by atoms with Crippen molar-refractivity contribution in [2.24, 2.45) is 0 Å². The Labute approximate surface area is 205 Å². The van der Waals surface area contributed by atoms with Gasteiger partial charge in [0.1, 0.15) is 12.4 Å². The molecule has 184 valence electrons. The number of nitrogens with zero attached hydrogens (tertiary/aromatic N) is 3. The van der Waals surface area contributed by atoms with Gasteiger partial charge in [-0.3, -0.25) is 4.79 Å². The molecule has 0 bridgehead atoms. The van der Waals surface area contributed by atoms with Crippen LogP contribution in [0.1, 0.15) is 42.3 Å². The third-order valence-electron chi connectivity index (χ3n) is 5.18. The van der Waals surface area contributed by atoms with Gasteiger partial charge in [0.15, 0.2) is 0 Å². The topological polar surface area (TPSA) is 68.9 Å². The number of halogens is 4. The van der Waals surface area contributed by atoms with Crippen LogP contribution in [0.15, 0.2) is 65.6 Å². The lowest BCUT2D eigenvalue weighted by Gasteiger charge is -2.09. The van der Waals surface area contributed by atoms with E-state index in [-0.39, 0.29) is 12.1 Å². The zero-order valence-corrected chi connectivity index (χ0v) is 19.8. The molecule has 0 spiro atoms. The lowest BCUT2D eigenvalue weighted by atomic mass is 10.1. The second-order valence-corrected chi connectivity index (χ2v) is 8.28. The second-order valence-electron chi connectivity index (χ2n) is 7.84. The van der Waals surface area contributed by atoms with Crippen LogP contribution in [0.2, 0.25) is 5.02 Å². The number of hydrogen-bond acceptors (Lipinski definition) is 3. The maximum Gasteiger partial charge on any atom is 0.416 e. The second kappa shape index (κ2) is 11.3. The van der Waals surface area contributed by atoms with Crippen molar-refractivity contribution in [2.45, 2.75) is 45.5 Å². The molecule has 35 heavy (non-hydrogen) atoms. The Balaban J connectivity index is 1.81. The molecule has 1 aromatic heterocycles. The molecule has 0 aliphatic heterocycles. The summed E-state index contributed by atoms with van der Waals surface area (Å²) in [5, 5.41) is 7.47. The number of alkyl halides is 3. The molecular formula is C25H24ClF3N4O2. The van der Waals surface area contributed by atoms with Gasteiger partial charge < -0.3 is 5.32 Å². The molecule has 6 nitrogen and oxygen atoms in total. The van der Waals surface area contributed by atoms with Crippen LogP contribution in [-0.2, 0) is 30.5 Å². The molecule has 0 aliphatic carbocycles. The largest absolute Gasteiger partial charge is 0.416 e. The fourth-order valence-corrected chi connectivity index (χ4v) is 3.62. The summed E-state index contributed by atoms with van der Waals surface area (Å²) in [6.45, 7) is 5.11. The van der Waals surface area contributed by atoms with E-state index in [0.29, 0.717) is 29.4 Å². The van der Waals surface area contributed by atoms with Crippen molar-refractivity contribution in [1.29, 1.82) is 0 Å². The Morgan fingerprint density at radius 1 is 1.17 bits per heavy atom. The summed E-state index contributed by atoms with van der Waals surface area (Å²) in [5.74, 6) is -0.158. The molecule has 10 heteroatoms. The molecule has 0 atom stereocenters. The number of nitrogens with one attached hydrogen (secondary N) is 1. The number of aromatic nitrogens is 3. The number of rotatable bonds is 9. The van der Waals surface area contributed by atoms with Crippen LogP contribution < -0.4 is 11.0 Å². The zero-order chi connectivity index (χ0) is 25.6. The van der Waals surface area contributed by atoms with Gasteiger partial charge in [-0.05, 0) is 41.8 Å². The van der Waals surface area contributed by atoms with Gasteiger partial charge >= 0.3 is 11.9 Å². The van der Waals surface area contributed by atoms with Crippen molar-refractivity contribution in [2.75, 3.05) is 0 Å². The number of amides is 1. The number of benzene rings is 2. The SMILES string of the molecule is C=C=C(CCC)n1c(Cc2ccc(Cl)cc2)nn(CC(=O)NCc2cccc(C(F)(F)F)c2)c1=O. The Kier molecular flexibility index (Phi) is 8.38. The number of carbonyl (C=O) groups is 1. The number of allylic oxidation sites excluding steroid dienone is 1. The summed E-state index contributed by atoms with van der Waals surface area (Å²) >= 11 is 5.95. The first kappa shape index (κ1) is 26.1. The van der Waals surface area contributed by atoms with E-state index in [1.807, 2.05) is 19.1 Å². The van der Waals surface area contributed by atoms with Crippen molar-refractivity contribution in [3.63, 3.8) is 0 Å². The van der Waals surface area contributed by atoms with E-state index in [9.17, 15) is 22.8 Å². The Bertz CT molecular complexity index is 1300. The molecule has 0 unspecified atom stereocenters. The van der Waals surface area contributed by atoms with Crippen molar-refractivity contribution < 1.29 is 18.0 Å². The highest BCUT2D eigenvalue weighted by atomic mass is 35.5. The van der Waals surface area contributed by atoms with Crippen molar-refractivity contribution in [3.05, 3.63) is 98.9 Å². The molecule has 0 fully saturated rings. The summed E-state index contributed by atoms with van der Waals surface area (Å²) in [5.41, 5.74) is 3.15. The van der Waals surface area contributed by atoms with Gasteiger partial charge in [0.05, 0.1) is 11.3 Å². The van der Waals surface area contributed by atoms with Crippen LogP contribution >= 0.6 is 11.6 Å². The Morgan fingerprint density at radius 3 is 2.51 bits per heavy atom. The van der Waals surface area contributed by atoms with Crippen LogP contribution in [0.25, 0.3) is 5.70 Å². The minimum absolute atomic E-state index is 0.122. The highest BCUT2D eigenvalue weighted by molar-refractivity contribution is 6.30. The maximum atomic E-state index is 13.1. The smallest absolute Gasteiger partial charge is 0.350 e. The molecule has 1 N–H and O–H groups in total. The first-order chi connectivity index (χ1) is 16.6. The predicted octanol–water partition coefficient (Wildman–Crippen LogP) is 5.05. The van der Waals surface area contributed by atoms with E-state index < -0.39 is 29.9 Å². The third-order valence-corrected chi connectivity index (χ3v) is 5.43. The van der Waals surface area contributed by atoms with E-state index in [2.05, 4.69) is 22.7 Å². The van der Waals surface area contributed by atoms with Crippen LogP contribution in [0.5, 0.6) is 0 Å². The lowest BCUT2D eigenvalue weighted by molar-refractivity contribution is -0.137. The maximum absolute atomic E-state index is 13.1. The molecule has 0 radical (unpaired) electrons. The summed E-state index contributed by atoms with van der Waals surface area (Å²) < 4.78 is 41.2. The lowest BCUT2D eigenvalue weighted by Crippen LogP contribution is -2.33. The van der Waals surface area contributed by atoms with Gasteiger partial charge in [0, 0.05) is 18.0 Å². The van der Waals surface area contributed by atoms with E-state index >= 15 is 0 Å². The van der Waals surface area contributed by atoms with Gasteiger partial charge in [-0.15, -0.1) is 5.73 Å². The van der Waals surface area contributed by atoms with Gasteiger partial charge in [-0.2, -0.15) is 18.3 Å². The molecule has 2 aromatic carbocycles. The number of carbonyl (C=O) groups excluding carboxylic acids is 1. The summed E-state index contributed by atoms with van der Waals surface area (Å²) in [4.78, 5) is 25.6. The van der Waals surface area contributed by atoms with E-state index in [1.165, 1.54) is 16.7 Å². The summed E-state index contributed by atoms with van der Waals surface area (Å²) in [6, 6.07) is 11.8. The first-order valence-electron chi connectivity index (χ1n) is 10.9. The molecule has 1 heterocycles. The van der Waals surface area contributed by atoms with Gasteiger partial charge in [-0.25, -0.2) is 14.0 Å². The molecular weight excluding hydrogens is 481 g/mol. The molecule has 3 rings (SSSR count). The zero-order valence-electron chi connectivity index (χ0n) is 19.0. The minimum Gasteiger partial charge on any atom is -0.350 e. The molecule has 0 aliphatic rings. The van der Waals surface area contributed by atoms with Gasteiger partial charge in [0.2, 0.25) is 5.91 Å². The van der Waals surface area contributed by atoms with Crippen molar-refractivity contribution in [3.8, 4) is 0 Å². The monoisotopic (exact) mass is 504 g/mol. The standard InChI is InChI=1S/C25H24ClF3N4O2/c1-3-6-21(4-2)33-22(14-17-9-11-20(26)12-10-17)31-32(24(33)35)16-23(34)30-15-18-7-5-8-19(13-18)25(27,28)29/h5,7-13H,2-3,6,14-16H2,1H3,(H,30,34). The van der Waals surface area contributed by atoms with Crippen molar-refractivity contribution >= 4 is 23.2 Å². The fraction of sp³-hybridized carbons (Fsp3) is 0.280. The van der Waals surface area contributed by atoms with Gasteiger partial charge in [0.25, 0.3) is 0 Å². The molecule has 0 saturated heterocycles. The average Bonchev–Trinajstić information content (AvgIpc) is 3.11. The normalized spacial score (nSPS) is 11.2. The quantitative estimate of drug-likeness (QED) is 0.415. The third kappa shape index (κ3) is 6.74. The highest BCUT2D eigenvalue weighted by Crippen LogP contribution is 2.29. The number of hydrogen-bond donors (Lipinski definition) is 1. The molecule has 3 aromatic rings. The summed E-state index contributed by atoms with van der Waals surface area (Å²) in [7, 11) is 0. The van der Waals surface area contributed by atoms with Gasteiger partial charge in [-0.1, -0.05) is 55.8 Å². The first-order valence-corrected chi connectivity index (χ1v) is 11.3. The fourth-order valence-electron chi connectivity index (χ4n) is 3.49. The summed E-state index contributed by atoms with van der Waals surface area (Å²) in [6.07, 6.45) is -2.90. The predicted molar refractivity (Wildman–Crippen MR) is 128 cm³/mol. The van der Waals surface area contributed by atoms with Crippen LogP contribution in [-0.4, -0.2) is 20.3 Å². The van der Waals surface area contributed by atoms with E-state index in [1.54, 1.807) is 12.1 Å². The highest BCUT2D eigenvalue weighted by Gasteiger charge is 2.30. The van der Waals surface area contributed by atoms with Crippen LogP contribution in [0.4, 0.5) is 13.2 Å². The average molecular weight is 505 g/mol. The van der Waals surface area contributed by atoms with Crippen molar-refractivity contribution in [1.82, 2.24) is 19.7 Å². The molecule has 0 saturated carbocycles. The van der Waals surface area contributed by atoms with E-state index in [0.717, 1.165) is 28.8 Å². The van der Waals surface area contributed by atoms with Crippen LogP contribution in [0, 0.1) is 0 Å². The van der Waals surface area contributed by atoms with E-state index in [4.69, 9.17) is 11.6 Å². The Morgan fingerprint density at radius 2 is 1.89 bits per heavy atom.